The van der Waals surface area contributed by atoms with Crippen molar-refractivity contribution in [2.75, 3.05) is 0 Å². The second-order valence-electron chi connectivity index (χ2n) is 3.86. The maximum atomic E-state index is 10.6. The average molecular weight is 266 g/mol. The van der Waals surface area contributed by atoms with E-state index in [1.54, 1.807) is 0 Å². The molecule has 0 saturated heterocycles. The molecule has 0 bridgehead atoms. The van der Waals surface area contributed by atoms with E-state index in [1.807, 2.05) is 0 Å². The van der Waals surface area contributed by atoms with Crippen molar-refractivity contribution in [1.29, 1.82) is 0 Å². The number of hydrogen-bond acceptors (Lipinski definition) is 1. The average Bonchev–Trinajstić information content (AvgIpc) is 2.08. The van der Waals surface area contributed by atoms with Crippen LogP contribution in [0.4, 0.5) is 0 Å². The van der Waals surface area contributed by atoms with Gasteiger partial charge in [-0.25, -0.2) is 0 Å². The molecule has 3 nitrogen and oxygen atoms in total. The monoisotopic (exact) mass is 266 g/mol. The van der Waals surface area contributed by atoms with Crippen LogP contribution in [0, 0.1) is 0 Å². The summed E-state index contributed by atoms with van der Waals surface area (Å²) in [6.07, 6.45) is 9.16. The number of rotatable bonds is 9. The molecule has 0 aliphatic rings. The molecule has 0 aliphatic heterocycles. The number of hydrogen-bond donors (Lipinski definition) is 2. The molecule has 0 heterocycles. The van der Waals surface area contributed by atoms with Crippen LogP contribution in [0.25, 0.3) is 0 Å². The van der Waals surface area contributed by atoms with E-state index in [9.17, 15) is 3.74 Å². The van der Waals surface area contributed by atoms with Crippen molar-refractivity contribution in [1.82, 2.24) is 0 Å². The molecule has 14 heavy (non-hydrogen) atoms. The topological polar surface area (TPSA) is 57.5 Å². The molecule has 0 amide bonds. The van der Waals surface area contributed by atoms with Gasteiger partial charge in [0.1, 0.15) is 0 Å². The van der Waals surface area contributed by atoms with Crippen LogP contribution in [0.2, 0.25) is 5.21 Å². The first kappa shape index (κ1) is 14.3. The standard InChI is InChI=1S/C10H23AsO3/c1-2-3-4-5-6-7-8-9-10-11(12,13)14/h2-10H2,1H3,(H2,12,13,14). The molecule has 0 aromatic heterocycles. The fraction of sp³-hybridized carbons (Fsp3) is 1.00. The van der Waals surface area contributed by atoms with Crippen molar-refractivity contribution in [2.24, 2.45) is 0 Å². The van der Waals surface area contributed by atoms with Gasteiger partial charge in [0.15, 0.2) is 0 Å². The molecular weight excluding hydrogens is 243 g/mol. The van der Waals surface area contributed by atoms with Crippen molar-refractivity contribution in [3.8, 4) is 0 Å². The molecule has 4 heteroatoms. The summed E-state index contributed by atoms with van der Waals surface area (Å²) in [5.74, 6) is 0. The van der Waals surface area contributed by atoms with Crippen molar-refractivity contribution >= 4 is 14.2 Å². The van der Waals surface area contributed by atoms with Gasteiger partial charge in [-0.05, 0) is 0 Å². The van der Waals surface area contributed by atoms with E-state index in [1.165, 1.54) is 32.1 Å². The zero-order valence-electron chi connectivity index (χ0n) is 9.11. The minimum absolute atomic E-state index is 0.118. The van der Waals surface area contributed by atoms with E-state index in [0.717, 1.165) is 12.8 Å². The first-order valence-electron chi connectivity index (χ1n) is 5.61. The van der Waals surface area contributed by atoms with E-state index >= 15 is 0 Å². The molecule has 0 radical (unpaired) electrons. The third-order valence-corrected chi connectivity index (χ3v) is 4.19. The zero-order valence-corrected chi connectivity index (χ0v) is 11.0. The Hall–Kier alpha value is 0.278. The molecule has 0 aromatic rings. The van der Waals surface area contributed by atoms with E-state index in [0.29, 0.717) is 6.42 Å². The first-order chi connectivity index (χ1) is 6.56. The molecule has 0 fully saturated rings. The fourth-order valence-corrected chi connectivity index (χ4v) is 2.79. The van der Waals surface area contributed by atoms with E-state index in [4.69, 9.17) is 8.19 Å². The molecule has 2 N–H and O–H groups in total. The van der Waals surface area contributed by atoms with Gasteiger partial charge in [0, 0.05) is 0 Å². The molecule has 0 saturated carbocycles. The van der Waals surface area contributed by atoms with Gasteiger partial charge in [-0.1, -0.05) is 0 Å². The maximum absolute atomic E-state index is 10.6. The Kier molecular flexibility index (Phi) is 8.75. The van der Waals surface area contributed by atoms with Gasteiger partial charge in [-0.3, -0.25) is 0 Å². The molecule has 0 aliphatic carbocycles. The van der Waals surface area contributed by atoms with Crippen molar-refractivity contribution in [3.63, 3.8) is 0 Å². The summed E-state index contributed by atoms with van der Waals surface area (Å²) in [6, 6.07) is 0. The van der Waals surface area contributed by atoms with Crippen LogP contribution in [0.3, 0.4) is 0 Å². The molecule has 0 rings (SSSR count). The van der Waals surface area contributed by atoms with Crippen molar-refractivity contribution in [3.05, 3.63) is 0 Å². The van der Waals surface area contributed by atoms with Gasteiger partial charge in [0.2, 0.25) is 0 Å². The van der Waals surface area contributed by atoms with E-state index < -0.39 is 14.2 Å². The van der Waals surface area contributed by atoms with Crippen LogP contribution >= 0.6 is 0 Å². The first-order valence-corrected chi connectivity index (χ1v) is 9.38. The fourth-order valence-electron chi connectivity index (χ4n) is 1.45. The summed E-state index contributed by atoms with van der Waals surface area (Å²) in [4.78, 5) is 0. The summed E-state index contributed by atoms with van der Waals surface area (Å²) >= 11 is -4.29. The quantitative estimate of drug-likeness (QED) is 0.498. The molecule has 0 unspecified atom stereocenters. The van der Waals surface area contributed by atoms with Crippen molar-refractivity contribution in [2.45, 2.75) is 63.5 Å². The van der Waals surface area contributed by atoms with Crippen LogP contribution in [-0.4, -0.2) is 22.4 Å². The summed E-state index contributed by atoms with van der Waals surface area (Å²) in [5, 5.41) is 0.118. The van der Waals surface area contributed by atoms with Crippen LogP contribution in [0.5, 0.6) is 0 Å². The van der Waals surface area contributed by atoms with Gasteiger partial charge in [0.25, 0.3) is 0 Å². The molecular formula is C10H23AsO3. The predicted octanol–water partition coefficient (Wildman–Crippen LogP) is 2.48. The van der Waals surface area contributed by atoms with Crippen molar-refractivity contribution < 1.29 is 11.9 Å². The van der Waals surface area contributed by atoms with Crippen LogP contribution in [0.1, 0.15) is 58.3 Å². The summed E-state index contributed by atoms with van der Waals surface area (Å²) in [7, 11) is 0. The summed E-state index contributed by atoms with van der Waals surface area (Å²) in [5.41, 5.74) is 0. The van der Waals surface area contributed by atoms with Gasteiger partial charge < -0.3 is 0 Å². The SMILES string of the molecule is CCCCCCCCCC[As](=O)(O)O. The van der Waals surface area contributed by atoms with E-state index in [-0.39, 0.29) is 5.21 Å². The second-order valence-corrected chi connectivity index (χ2v) is 7.59. The van der Waals surface area contributed by atoms with Gasteiger partial charge in [-0.2, -0.15) is 0 Å². The Morgan fingerprint density at radius 3 is 1.71 bits per heavy atom. The minimum atomic E-state index is -4.29. The third-order valence-electron chi connectivity index (χ3n) is 2.30. The van der Waals surface area contributed by atoms with Crippen LogP contribution in [-0.2, 0) is 3.74 Å². The Balaban J connectivity index is 3.03. The third kappa shape index (κ3) is 12.3. The zero-order chi connectivity index (χ0) is 10.9. The normalized spacial score (nSPS) is 11.9. The van der Waals surface area contributed by atoms with Gasteiger partial charge in [-0.15, -0.1) is 0 Å². The Morgan fingerprint density at radius 1 is 0.857 bits per heavy atom. The molecule has 0 atom stereocenters. The van der Waals surface area contributed by atoms with Crippen LogP contribution in [0.15, 0.2) is 0 Å². The predicted molar refractivity (Wildman–Crippen MR) is 58.3 cm³/mol. The Labute approximate surface area is 89.9 Å². The van der Waals surface area contributed by atoms with Crippen LogP contribution < -0.4 is 0 Å². The summed E-state index contributed by atoms with van der Waals surface area (Å²) in [6.45, 7) is 2.20. The molecule has 86 valence electrons. The van der Waals surface area contributed by atoms with Gasteiger partial charge >= 0.3 is 89.6 Å². The second kappa shape index (κ2) is 8.58. The molecule has 0 aromatic carbocycles. The Morgan fingerprint density at radius 2 is 1.29 bits per heavy atom. The van der Waals surface area contributed by atoms with Gasteiger partial charge in [0.05, 0.1) is 0 Å². The summed E-state index contributed by atoms with van der Waals surface area (Å²) < 4.78 is 27.9. The number of unbranched alkanes of at least 4 members (excludes halogenated alkanes) is 7. The molecule has 0 spiro atoms. The Bertz CT molecular complexity index is 165. The van der Waals surface area contributed by atoms with E-state index in [2.05, 4.69) is 6.92 Å².